The third-order valence-corrected chi connectivity index (χ3v) is 6.88. The summed E-state index contributed by atoms with van der Waals surface area (Å²) in [7, 11) is 1.64. The smallest absolute Gasteiger partial charge is 0.243 e. The first-order valence-electron chi connectivity index (χ1n) is 12.8. The molecule has 0 bridgehead atoms. The number of ether oxygens (including phenoxy) is 1. The number of nitrogens with zero attached hydrogens (tertiary/aromatic N) is 1. The molecule has 2 amide bonds. The van der Waals surface area contributed by atoms with Gasteiger partial charge in [-0.3, -0.25) is 9.59 Å². The molecule has 1 saturated carbocycles. The lowest BCUT2D eigenvalue weighted by Crippen LogP contribution is -2.51. The van der Waals surface area contributed by atoms with Crippen molar-refractivity contribution in [2.75, 3.05) is 7.11 Å². The van der Waals surface area contributed by atoms with Crippen molar-refractivity contribution in [1.29, 1.82) is 0 Å². The summed E-state index contributed by atoms with van der Waals surface area (Å²) < 4.78 is 5.37. The summed E-state index contributed by atoms with van der Waals surface area (Å²) in [5, 5.41) is 3.24. The van der Waals surface area contributed by atoms with Crippen molar-refractivity contribution in [3.63, 3.8) is 0 Å². The molecule has 1 N–H and O–H groups in total. The second-order valence-electron chi connectivity index (χ2n) is 9.31. The highest BCUT2D eigenvalue weighted by Crippen LogP contribution is 2.21. The van der Waals surface area contributed by atoms with Crippen molar-refractivity contribution in [2.24, 2.45) is 0 Å². The van der Waals surface area contributed by atoms with Gasteiger partial charge in [0.25, 0.3) is 0 Å². The number of carbonyl (C=O) groups is 2. The second-order valence-corrected chi connectivity index (χ2v) is 9.31. The first kappa shape index (κ1) is 25.8. The highest BCUT2D eigenvalue weighted by Gasteiger charge is 2.30. The van der Waals surface area contributed by atoms with E-state index in [1.54, 1.807) is 12.0 Å². The summed E-state index contributed by atoms with van der Waals surface area (Å²) in [6.07, 6.45) is 8.24. The molecule has 0 heterocycles. The molecule has 1 aliphatic rings. The van der Waals surface area contributed by atoms with Crippen LogP contribution < -0.4 is 10.1 Å². The molecule has 0 unspecified atom stereocenters. The zero-order valence-corrected chi connectivity index (χ0v) is 21.0. The SMILES string of the molecule is CCc1ccc(CCC(=O)N(Cc2cccc(OC)c2)[C@@H](CC)C(=O)NC2CCCCC2)cc1. The molecule has 0 saturated heterocycles. The van der Waals surface area contributed by atoms with Gasteiger partial charge in [0.1, 0.15) is 11.8 Å². The van der Waals surface area contributed by atoms with E-state index in [1.165, 1.54) is 12.0 Å². The first-order valence-corrected chi connectivity index (χ1v) is 12.8. The van der Waals surface area contributed by atoms with Crippen LogP contribution >= 0.6 is 0 Å². The fourth-order valence-electron chi connectivity index (χ4n) is 4.77. The molecule has 3 rings (SSSR count). The van der Waals surface area contributed by atoms with Crippen LogP contribution in [-0.2, 0) is 29.0 Å². The van der Waals surface area contributed by atoms with Crippen molar-refractivity contribution in [2.45, 2.75) is 90.3 Å². The highest BCUT2D eigenvalue weighted by molar-refractivity contribution is 5.88. The minimum absolute atomic E-state index is 0.00744. The molecule has 1 atom stereocenters. The van der Waals surface area contributed by atoms with E-state index in [2.05, 4.69) is 36.5 Å². The number of methoxy groups -OCH3 is 1. The zero-order valence-electron chi connectivity index (χ0n) is 21.0. The standard InChI is InChI=1S/C29H40N2O3/c1-4-22-14-16-23(17-15-22)18-19-28(32)31(21-24-10-9-13-26(20-24)34-3)27(5-2)29(33)30-25-11-7-6-8-12-25/h9-10,13-17,20,25,27H,4-8,11-12,18-19,21H2,1-3H3,(H,30,33)/t27-/m0/s1. The Labute approximate surface area is 204 Å². The molecule has 0 spiro atoms. The third-order valence-electron chi connectivity index (χ3n) is 6.88. The quantitative estimate of drug-likeness (QED) is 0.481. The Kier molecular flexibility index (Phi) is 9.99. The molecule has 2 aromatic carbocycles. The topological polar surface area (TPSA) is 58.6 Å². The van der Waals surface area contributed by atoms with E-state index in [0.717, 1.165) is 49.0 Å². The zero-order chi connectivity index (χ0) is 24.3. The lowest BCUT2D eigenvalue weighted by molar-refractivity contribution is -0.141. The first-order chi connectivity index (χ1) is 16.5. The Balaban J connectivity index is 1.75. The molecular formula is C29H40N2O3. The molecule has 0 aromatic heterocycles. The summed E-state index contributed by atoms with van der Waals surface area (Å²) >= 11 is 0. The van der Waals surface area contributed by atoms with Crippen LogP contribution in [0.3, 0.4) is 0 Å². The van der Waals surface area contributed by atoms with Gasteiger partial charge in [0, 0.05) is 19.0 Å². The van der Waals surface area contributed by atoms with Crippen molar-refractivity contribution < 1.29 is 14.3 Å². The average Bonchev–Trinajstić information content (AvgIpc) is 2.88. The Morgan fingerprint density at radius 1 is 1.00 bits per heavy atom. The van der Waals surface area contributed by atoms with E-state index in [9.17, 15) is 9.59 Å². The van der Waals surface area contributed by atoms with Crippen molar-refractivity contribution in [1.82, 2.24) is 10.2 Å². The summed E-state index contributed by atoms with van der Waals surface area (Å²) in [6, 6.07) is 15.9. The normalized spacial score (nSPS) is 14.9. The second kappa shape index (κ2) is 13.2. The van der Waals surface area contributed by atoms with E-state index in [1.807, 2.05) is 31.2 Å². The molecule has 1 aliphatic carbocycles. The number of aryl methyl sites for hydroxylation is 2. The summed E-state index contributed by atoms with van der Waals surface area (Å²) in [4.78, 5) is 28.6. The predicted molar refractivity (Wildman–Crippen MR) is 137 cm³/mol. The fraction of sp³-hybridized carbons (Fsp3) is 0.517. The summed E-state index contributed by atoms with van der Waals surface area (Å²) in [6.45, 7) is 4.51. The predicted octanol–water partition coefficient (Wildman–Crippen LogP) is 5.45. The van der Waals surface area contributed by atoms with Gasteiger partial charge in [0.05, 0.1) is 7.11 Å². The van der Waals surface area contributed by atoms with E-state index in [0.29, 0.717) is 25.8 Å². The molecule has 5 nitrogen and oxygen atoms in total. The van der Waals surface area contributed by atoms with Gasteiger partial charge in [-0.2, -0.15) is 0 Å². The lowest BCUT2D eigenvalue weighted by atomic mass is 9.95. The summed E-state index contributed by atoms with van der Waals surface area (Å²) in [5.74, 6) is 0.728. The van der Waals surface area contributed by atoms with Crippen molar-refractivity contribution in [3.8, 4) is 5.75 Å². The van der Waals surface area contributed by atoms with Crippen LogP contribution in [0.1, 0.15) is 75.5 Å². The van der Waals surface area contributed by atoms with Gasteiger partial charge < -0.3 is 15.0 Å². The van der Waals surface area contributed by atoms with Crippen LogP contribution in [0.4, 0.5) is 0 Å². The Bertz CT molecular complexity index is 919. The molecular weight excluding hydrogens is 424 g/mol. The van der Waals surface area contributed by atoms with Crippen LogP contribution in [0, 0.1) is 0 Å². The maximum atomic E-state index is 13.5. The molecule has 5 heteroatoms. The fourth-order valence-corrected chi connectivity index (χ4v) is 4.77. The third kappa shape index (κ3) is 7.34. The van der Waals surface area contributed by atoms with Gasteiger partial charge in [-0.05, 0) is 60.9 Å². The minimum atomic E-state index is -0.483. The lowest BCUT2D eigenvalue weighted by Gasteiger charge is -2.33. The van der Waals surface area contributed by atoms with Crippen LogP contribution in [0.25, 0.3) is 0 Å². The number of nitrogens with one attached hydrogen (secondary N) is 1. The van der Waals surface area contributed by atoms with Crippen molar-refractivity contribution >= 4 is 11.8 Å². The number of carbonyl (C=O) groups excluding carboxylic acids is 2. The molecule has 0 radical (unpaired) electrons. The highest BCUT2D eigenvalue weighted by atomic mass is 16.5. The average molecular weight is 465 g/mol. The summed E-state index contributed by atoms with van der Waals surface area (Å²) in [5.41, 5.74) is 3.40. The van der Waals surface area contributed by atoms with E-state index >= 15 is 0 Å². The number of hydrogen-bond acceptors (Lipinski definition) is 3. The van der Waals surface area contributed by atoms with Gasteiger partial charge in [0.15, 0.2) is 0 Å². The molecule has 34 heavy (non-hydrogen) atoms. The van der Waals surface area contributed by atoms with Crippen LogP contribution in [-0.4, -0.2) is 35.9 Å². The Morgan fingerprint density at radius 2 is 1.71 bits per heavy atom. The largest absolute Gasteiger partial charge is 0.497 e. The van der Waals surface area contributed by atoms with E-state index < -0.39 is 6.04 Å². The van der Waals surface area contributed by atoms with Gasteiger partial charge >= 0.3 is 0 Å². The monoisotopic (exact) mass is 464 g/mol. The molecule has 0 aliphatic heterocycles. The molecule has 184 valence electrons. The van der Waals surface area contributed by atoms with Crippen LogP contribution in [0.5, 0.6) is 5.75 Å². The maximum absolute atomic E-state index is 13.5. The Hall–Kier alpha value is -2.82. The van der Waals surface area contributed by atoms with Gasteiger partial charge in [-0.1, -0.05) is 69.5 Å². The van der Waals surface area contributed by atoms with Crippen LogP contribution in [0.2, 0.25) is 0 Å². The number of rotatable bonds is 11. The van der Waals surface area contributed by atoms with Crippen LogP contribution in [0.15, 0.2) is 48.5 Å². The van der Waals surface area contributed by atoms with Gasteiger partial charge in [-0.25, -0.2) is 0 Å². The van der Waals surface area contributed by atoms with Gasteiger partial charge in [0.2, 0.25) is 11.8 Å². The molecule has 1 fully saturated rings. The number of benzene rings is 2. The number of hydrogen-bond donors (Lipinski definition) is 1. The number of amides is 2. The maximum Gasteiger partial charge on any atom is 0.243 e. The minimum Gasteiger partial charge on any atom is -0.497 e. The molecule has 2 aromatic rings. The van der Waals surface area contributed by atoms with E-state index in [-0.39, 0.29) is 17.9 Å². The van der Waals surface area contributed by atoms with Gasteiger partial charge in [-0.15, -0.1) is 0 Å². The van der Waals surface area contributed by atoms with Crippen molar-refractivity contribution in [3.05, 3.63) is 65.2 Å². The van der Waals surface area contributed by atoms with E-state index in [4.69, 9.17) is 4.74 Å². The Morgan fingerprint density at radius 3 is 2.35 bits per heavy atom.